The number of aliphatic hydroxyl groups is 1. The Labute approximate surface area is 234 Å². The summed E-state index contributed by atoms with van der Waals surface area (Å²) in [7, 11) is 0. The van der Waals surface area contributed by atoms with E-state index in [1.54, 1.807) is 36.4 Å². The van der Waals surface area contributed by atoms with E-state index in [2.05, 4.69) is 10.6 Å². The monoisotopic (exact) mass is 553 g/mol. The quantitative estimate of drug-likeness (QED) is 0.424. The number of nitrogens with one attached hydrogen (secondary N) is 2. The van der Waals surface area contributed by atoms with Gasteiger partial charge in [0.15, 0.2) is 0 Å². The number of rotatable bonds is 9. The first kappa shape index (κ1) is 27.6. The van der Waals surface area contributed by atoms with Gasteiger partial charge < -0.3 is 25.4 Å². The fourth-order valence-electron chi connectivity index (χ4n) is 7.03. The summed E-state index contributed by atoms with van der Waals surface area (Å²) >= 11 is 6.36. The van der Waals surface area contributed by atoms with Gasteiger partial charge in [-0.15, -0.1) is 0 Å². The van der Waals surface area contributed by atoms with Gasteiger partial charge in [-0.2, -0.15) is 0 Å². The number of carbonyl (C=O) groups is 3. The fourth-order valence-corrected chi connectivity index (χ4v) is 7.21. The molecule has 0 radical (unpaired) electrons. The first-order valence-electron chi connectivity index (χ1n) is 13.8. The highest BCUT2D eigenvalue weighted by Gasteiger charge is 2.79. The number of ether oxygens (including phenoxy) is 1. The molecule has 3 N–H and O–H groups in total. The maximum atomic E-state index is 14.4. The number of amides is 3. The first-order chi connectivity index (χ1) is 18.7. The van der Waals surface area contributed by atoms with Crippen LogP contribution in [0.3, 0.4) is 0 Å². The van der Waals surface area contributed by atoms with Crippen molar-refractivity contribution < 1.29 is 24.2 Å². The molecule has 3 aliphatic heterocycles. The van der Waals surface area contributed by atoms with Crippen LogP contribution in [0.25, 0.3) is 0 Å². The van der Waals surface area contributed by atoms with Crippen molar-refractivity contribution in [2.45, 2.75) is 69.7 Å². The van der Waals surface area contributed by atoms with Crippen LogP contribution in [0.4, 0.5) is 11.4 Å². The second kappa shape index (κ2) is 10.6. The predicted octanol–water partition coefficient (Wildman–Crippen LogP) is 4.48. The Morgan fingerprint density at radius 2 is 1.77 bits per heavy atom. The Bertz CT molecular complexity index is 1260. The number of likely N-dealkylation sites (tertiary alicyclic amines) is 1. The Kier molecular flexibility index (Phi) is 7.48. The van der Waals surface area contributed by atoms with Crippen molar-refractivity contribution in [1.29, 1.82) is 0 Å². The molecule has 3 amide bonds. The van der Waals surface area contributed by atoms with Gasteiger partial charge in [-0.3, -0.25) is 14.4 Å². The third-order valence-electron chi connectivity index (χ3n) is 9.17. The average Bonchev–Trinajstić information content (AvgIpc) is 3.54. The standard InChI is InChI=1S/C30H36ClN3O5/c1-4-18(3)22(17-35)34-25(27(37)33-21-14-10-9-13-20(21)31)30-16-15-29(5-2,39-30)23(24(30)28(34)38)26(36)32-19-11-7-6-8-12-19/h6-14,18,22-25,35H,4-5,15-17H2,1-3H3,(H,32,36)(H,33,37)/t18-,22-,23+,24-,25?,29-,30?/m0/s1. The van der Waals surface area contributed by atoms with Gasteiger partial charge in [-0.05, 0) is 49.4 Å². The van der Waals surface area contributed by atoms with E-state index < -0.39 is 41.0 Å². The molecule has 2 aromatic carbocycles. The number of para-hydroxylation sites is 2. The van der Waals surface area contributed by atoms with Gasteiger partial charge in [0.2, 0.25) is 17.7 Å². The summed E-state index contributed by atoms with van der Waals surface area (Å²) in [5.74, 6) is -2.76. The minimum Gasteiger partial charge on any atom is -0.394 e. The van der Waals surface area contributed by atoms with Crippen molar-refractivity contribution in [3.05, 3.63) is 59.6 Å². The summed E-state index contributed by atoms with van der Waals surface area (Å²) in [6.45, 7) is 5.59. The van der Waals surface area contributed by atoms with Crippen molar-refractivity contribution in [2.24, 2.45) is 17.8 Å². The third-order valence-corrected chi connectivity index (χ3v) is 9.50. The van der Waals surface area contributed by atoms with E-state index in [-0.39, 0.29) is 24.3 Å². The van der Waals surface area contributed by atoms with Crippen LogP contribution >= 0.6 is 11.6 Å². The summed E-state index contributed by atoms with van der Waals surface area (Å²) < 4.78 is 6.80. The van der Waals surface area contributed by atoms with Gasteiger partial charge in [-0.25, -0.2) is 0 Å². The molecule has 3 heterocycles. The summed E-state index contributed by atoms with van der Waals surface area (Å²) in [6, 6.07) is 14.4. The Morgan fingerprint density at radius 3 is 2.41 bits per heavy atom. The highest BCUT2D eigenvalue weighted by atomic mass is 35.5. The second-order valence-electron chi connectivity index (χ2n) is 11.0. The van der Waals surface area contributed by atoms with E-state index in [1.807, 2.05) is 39.0 Å². The SMILES string of the molecule is CC[C@H](C)[C@H](CO)N1C(=O)[C@@H]2[C@H](C(=O)Nc3ccccc3)[C@]3(CC)CCC2(O3)C1C(=O)Nc1ccccc1Cl. The number of halogens is 1. The molecule has 7 atom stereocenters. The Hall–Kier alpha value is -2.94. The highest BCUT2D eigenvalue weighted by molar-refractivity contribution is 6.33. The molecule has 8 nitrogen and oxygen atoms in total. The molecule has 0 saturated carbocycles. The molecule has 9 heteroatoms. The van der Waals surface area contributed by atoms with E-state index >= 15 is 0 Å². The van der Waals surface area contributed by atoms with Crippen LogP contribution in [0.15, 0.2) is 54.6 Å². The number of fused-ring (bicyclic) bond motifs is 1. The van der Waals surface area contributed by atoms with Crippen molar-refractivity contribution in [3.63, 3.8) is 0 Å². The largest absolute Gasteiger partial charge is 0.394 e. The smallest absolute Gasteiger partial charge is 0.250 e. The summed E-state index contributed by atoms with van der Waals surface area (Å²) in [6.07, 6.45) is 2.24. The van der Waals surface area contributed by atoms with E-state index in [0.29, 0.717) is 42.1 Å². The van der Waals surface area contributed by atoms with Gasteiger partial charge in [0, 0.05) is 5.69 Å². The second-order valence-corrected chi connectivity index (χ2v) is 11.4. The van der Waals surface area contributed by atoms with Crippen LogP contribution in [0.5, 0.6) is 0 Å². The predicted molar refractivity (Wildman–Crippen MR) is 149 cm³/mol. The third kappa shape index (κ3) is 4.33. The number of anilines is 2. The number of aliphatic hydroxyl groups excluding tert-OH is 1. The van der Waals surface area contributed by atoms with Crippen LogP contribution in [0.1, 0.15) is 46.5 Å². The maximum absolute atomic E-state index is 14.4. The van der Waals surface area contributed by atoms with Crippen LogP contribution in [-0.2, 0) is 19.1 Å². The minimum absolute atomic E-state index is 0.0845. The molecule has 3 saturated heterocycles. The van der Waals surface area contributed by atoms with Crippen LogP contribution < -0.4 is 10.6 Å². The topological polar surface area (TPSA) is 108 Å². The number of carbonyl (C=O) groups excluding carboxylic acids is 3. The lowest BCUT2D eigenvalue weighted by Gasteiger charge is -2.39. The van der Waals surface area contributed by atoms with Crippen LogP contribution in [0, 0.1) is 17.8 Å². The normalized spacial score (nSPS) is 30.6. The zero-order chi connectivity index (χ0) is 27.9. The molecule has 5 rings (SSSR count). The molecular weight excluding hydrogens is 518 g/mol. The van der Waals surface area contributed by atoms with E-state index in [0.717, 1.165) is 0 Å². The van der Waals surface area contributed by atoms with Gasteiger partial charge in [-0.1, -0.05) is 69.1 Å². The molecule has 39 heavy (non-hydrogen) atoms. The molecule has 2 bridgehead atoms. The number of hydrogen-bond donors (Lipinski definition) is 3. The lowest BCUT2D eigenvalue weighted by atomic mass is 9.65. The maximum Gasteiger partial charge on any atom is 0.250 e. The summed E-state index contributed by atoms with van der Waals surface area (Å²) in [5.41, 5.74) is -0.998. The molecule has 2 aromatic rings. The van der Waals surface area contributed by atoms with Gasteiger partial charge in [0.25, 0.3) is 0 Å². The molecule has 3 aliphatic rings. The van der Waals surface area contributed by atoms with E-state index in [4.69, 9.17) is 16.3 Å². The molecule has 3 fully saturated rings. The van der Waals surface area contributed by atoms with Gasteiger partial charge in [0.1, 0.15) is 11.6 Å². The number of hydrogen-bond acceptors (Lipinski definition) is 5. The van der Waals surface area contributed by atoms with Crippen molar-refractivity contribution in [3.8, 4) is 0 Å². The zero-order valence-corrected chi connectivity index (χ0v) is 23.3. The molecule has 2 unspecified atom stereocenters. The van der Waals surface area contributed by atoms with Gasteiger partial charge >= 0.3 is 0 Å². The molecular formula is C30H36ClN3O5. The minimum atomic E-state index is -1.20. The Morgan fingerprint density at radius 1 is 1.08 bits per heavy atom. The lowest BCUT2D eigenvalue weighted by Crippen LogP contribution is -2.57. The highest BCUT2D eigenvalue weighted by Crippen LogP contribution is 2.64. The fraction of sp³-hybridized carbons (Fsp3) is 0.500. The van der Waals surface area contributed by atoms with Crippen molar-refractivity contribution >= 4 is 40.7 Å². The molecule has 0 aliphatic carbocycles. The molecule has 208 valence electrons. The summed E-state index contributed by atoms with van der Waals surface area (Å²) in [5, 5.41) is 16.7. The number of nitrogens with zero attached hydrogens (tertiary/aromatic N) is 1. The molecule has 0 aromatic heterocycles. The lowest BCUT2D eigenvalue weighted by molar-refractivity contribution is -0.149. The van der Waals surface area contributed by atoms with Crippen molar-refractivity contribution in [2.75, 3.05) is 17.2 Å². The number of benzene rings is 2. The van der Waals surface area contributed by atoms with E-state index in [1.165, 1.54) is 4.90 Å². The van der Waals surface area contributed by atoms with Crippen molar-refractivity contribution in [1.82, 2.24) is 4.90 Å². The van der Waals surface area contributed by atoms with Crippen LogP contribution in [-0.4, -0.2) is 57.6 Å². The average molecular weight is 554 g/mol. The van der Waals surface area contributed by atoms with E-state index in [9.17, 15) is 19.5 Å². The Balaban J connectivity index is 1.59. The van der Waals surface area contributed by atoms with Crippen LogP contribution in [0.2, 0.25) is 5.02 Å². The summed E-state index contributed by atoms with van der Waals surface area (Å²) in [4.78, 5) is 43.9. The first-order valence-corrected chi connectivity index (χ1v) is 14.1. The molecule has 1 spiro atoms. The zero-order valence-electron chi connectivity index (χ0n) is 22.5. The van der Waals surface area contributed by atoms with Gasteiger partial charge in [0.05, 0.1) is 40.8 Å².